The molecule has 0 unspecified atom stereocenters. The molecule has 160 valence electrons. The molecule has 32 heavy (non-hydrogen) atoms. The largest absolute Gasteiger partial charge is 0.345 e. The zero-order valence-corrected chi connectivity index (χ0v) is 18.6. The van der Waals surface area contributed by atoms with Crippen molar-refractivity contribution >= 4 is 23.2 Å². The smallest absolute Gasteiger partial charge is 0.255 e. The fourth-order valence-electron chi connectivity index (χ4n) is 4.96. The van der Waals surface area contributed by atoms with E-state index in [9.17, 15) is 4.79 Å². The quantitative estimate of drug-likeness (QED) is 0.444. The number of aromatic nitrogens is 3. The monoisotopic (exact) mass is 442 g/mol. The predicted molar refractivity (Wildman–Crippen MR) is 125 cm³/mol. The molecule has 0 spiro atoms. The van der Waals surface area contributed by atoms with Gasteiger partial charge in [0.05, 0.1) is 28.6 Å². The van der Waals surface area contributed by atoms with E-state index in [0.717, 1.165) is 53.8 Å². The van der Waals surface area contributed by atoms with Gasteiger partial charge in [-0.25, -0.2) is 9.50 Å². The maximum absolute atomic E-state index is 13.4. The number of carbonyl (C=O) groups is 1. The lowest BCUT2D eigenvalue weighted by Gasteiger charge is -2.16. The minimum Gasteiger partial charge on any atom is -0.345 e. The molecule has 6 rings (SSSR count). The number of fused-ring (bicyclic) bond motifs is 2. The van der Waals surface area contributed by atoms with Crippen molar-refractivity contribution in [1.82, 2.24) is 19.9 Å². The average molecular weight is 443 g/mol. The van der Waals surface area contributed by atoms with Crippen LogP contribution >= 0.6 is 11.6 Å². The van der Waals surface area contributed by atoms with E-state index in [-0.39, 0.29) is 11.9 Å². The van der Waals surface area contributed by atoms with Gasteiger partial charge in [0.25, 0.3) is 5.91 Å². The minimum atomic E-state index is -0.0737. The second-order valence-electron chi connectivity index (χ2n) is 8.77. The Morgan fingerprint density at radius 2 is 1.88 bits per heavy atom. The van der Waals surface area contributed by atoms with Crippen molar-refractivity contribution in [3.8, 4) is 11.1 Å². The first-order valence-electron chi connectivity index (χ1n) is 11.1. The van der Waals surface area contributed by atoms with E-state index in [2.05, 4.69) is 23.5 Å². The molecule has 4 aromatic rings. The van der Waals surface area contributed by atoms with Crippen molar-refractivity contribution in [2.24, 2.45) is 0 Å². The maximum Gasteiger partial charge on any atom is 0.255 e. The highest BCUT2D eigenvalue weighted by Gasteiger charge is 2.34. The standard InChI is InChI=1S/C26H23ClN4O/c1-15-23(19-8-4-5-9-21(19)27)25-28-14-20(24(17-10-11-17)31(25)30-15)26(32)29-22-13-12-16-6-2-3-7-18(16)22/h2-9,14,17,22H,10-13H2,1H3,(H,29,32)/t22-/m0/s1. The summed E-state index contributed by atoms with van der Waals surface area (Å²) in [5.74, 6) is 0.256. The summed E-state index contributed by atoms with van der Waals surface area (Å²) in [6, 6.07) is 16.1. The zero-order valence-electron chi connectivity index (χ0n) is 17.8. The molecule has 6 heteroatoms. The number of halogens is 1. The minimum absolute atomic E-state index is 0.0412. The molecule has 1 amide bonds. The molecular weight excluding hydrogens is 420 g/mol. The number of nitrogens with one attached hydrogen (secondary N) is 1. The fourth-order valence-corrected chi connectivity index (χ4v) is 5.19. The van der Waals surface area contributed by atoms with Gasteiger partial charge in [-0.2, -0.15) is 5.10 Å². The Morgan fingerprint density at radius 3 is 2.69 bits per heavy atom. The Labute approximate surface area is 191 Å². The van der Waals surface area contributed by atoms with Crippen LogP contribution in [0.2, 0.25) is 5.02 Å². The molecule has 0 saturated heterocycles. The molecule has 2 aromatic carbocycles. The van der Waals surface area contributed by atoms with Crippen LogP contribution in [0.4, 0.5) is 0 Å². The normalized spacial score (nSPS) is 17.5. The van der Waals surface area contributed by atoms with Gasteiger partial charge in [0.1, 0.15) is 0 Å². The SMILES string of the molecule is Cc1nn2c(C3CC3)c(C(=O)N[C@H]3CCc4ccccc43)cnc2c1-c1ccccc1Cl. The van der Waals surface area contributed by atoms with Crippen molar-refractivity contribution < 1.29 is 4.79 Å². The molecule has 2 aromatic heterocycles. The molecule has 0 aliphatic heterocycles. The van der Waals surface area contributed by atoms with E-state index >= 15 is 0 Å². The van der Waals surface area contributed by atoms with Gasteiger partial charge in [0.2, 0.25) is 0 Å². The Kier molecular flexibility index (Phi) is 4.54. The Hall–Kier alpha value is -3.18. The zero-order chi connectivity index (χ0) is 21.8. The highest BCUT2D eigenvalue weighted by atomic mass is 35.5. The van der Waals surface area contributed by atoms with Crippen molar-refractivity contribution in [1.29, 1.82) is 0 Å². The van der Waals surface area contributed by atoms with Gasteiger partial charge < -0.3 is 5.32 Å². The van der Waals surface area contributed by atoms with E-state index < -0.39 is 0 Å². The van der Waals surface area contributed by atoms with Crippen LogP contribution in [0.25, 0.3) is 16.8 Å². The van der Waals surface area contributed by atoms with Crippen LogP contribution in [0.1, 0.15) is 64.1 Å². The Morgan fingerprint density at radius 1 is 1.09 bits per heavy atom. The topological polar surface area (TPSA) is 59.3 Å². The average Bonchev–Trinajstić information content (AvgIpc) is 3.48. The second-order valence-corrected chi connectivity index (χ2v) is 9.18. The van der Waals surface area contributed by atoms with Gasteiger partial charge in [-0.1, -0.05) is 54.1 Å². The van der Waals surface area contributed by atoms with Gasteiger partial charge in [0, 0.05) is 22.7 Å². The van der Waals surface area contributed by atoms with Crippen LogP contribution in [-0.4, -0.2) is 20.5 Å². The first-order chi connectivity index (χ1) is 15.6. The number of hydrogen-bond acceptors (Lipinski definition) is 3. The highest BCUT2D eigenvalue weighted by Crippen LogP contribution is 2.43. The lowest BCUT2D eigenvalue weighted by molar-refractivity contribution is 0.0934. The number of hydrogen-bond donors (Lipinski definition) is 1. The lowest BCUT2D eigenvalue weighted by atomic mass is 10.1. The number of nitrogens with zero attached hydrogens (tertiary/aromatic N) is 3. The lowest BCUT2D eigenvalue weighted by Crippen LogP contribution is -2.29. The summed E-state index contributed by atoms with van der Waals surface area (Å²) in [5.41, 5.74) is 7.57. The highest BCUT2D eigenvalue weighted by molar-refractivity contribution is 6.33. The molecule has 0 radical (unpaired) electrons. The second kappa shape index (κ2) is 7.45. The third kappa shape index (κ3) is 3.11. The molecule has 1 fully saturated rings. The summed E-state index contributed by atoms with van der Waals surface area (Å²) >= 11 is 6.49. The molecule has 2 heterocycles. The van der Waals surface area contributed by atoms with Crippen molar-refractivity contribution in [2.75, 3.05) is 0 Å². The number of benzene rings is 2. The summed E-state index contributed by atoms with van der Waals surface area (Å²) < 4.78 is 1.88. The van der Waals surface area contributed by atoms with E-state index in [1.54, 1.807) is 6.20 Å². The van der Waals surface area contributed by atoms with E-state index in [1.165, 1.54) is 11.1 Å². The number of rotatable bonds is 4. The summed E-state index contributed by atoms with van der Waals surface area (Å²) in [6.07, 6.45) is 5.77. The van der Waals surface area contributed by atoms with Crippen LogP contribution < -0.4 is 5.32 Å². The van der Waals surface area contributed by atoms with Gasteiger partial charge >= 0.3 is 0 Å². The van der Waals surface area contributed by atoms with E-state index in [1.807, 2.05) is 41.8 Å². The fraction of sp³-hybridized carbons (Fsp3) is 0.269. The van der Waals surface area contributed by atoms with Gasteiger partial charge in [-0.05, 0) is 49.8 Å². The maximum atomic E-state index is 13.4. The van der Waals surface area contributed by atoms with Gasteiger partial charge in [-0.15, -0.1) is 0 Å². The van der Waals surface area contributed by atoms with E-state index in [4.69, 9.17) is 21.7 Å². The van der Waals surface area contributed by atoms with Crippen LogP contribution in [0.15, 0.2) is 54.7 Å². The molecule has 2 aliphatic rings. The van der Waals surface area contributed by atoms with Crippen molar-refractivity contribution in [3.05, 3.63) is 87.8 Å². The number of carbonyl (C=O) groups excluding carboxylic acids is 1. The molecular formula is C26H23ClN4O. The van der Waals surface area contributed by atoms with Crippen LogP contribution in [0.3, 0.4) is 0 Å². The molecule has 5 nitrogen and oxygen atoms in total. The molecule has 1 atom stereocenters. The van der Waals surface area contributed by atoms with Crippen molar-refractivity contribution in [3.63, 3.8) is 0 Å². The third-order valence-electron chi connectivity index (χ3n) is 6.65. The van der Waals surface area contributed by atoms with Crippen LogP contribution in [0.5, 0.6) is 0 Å². The molecule has 1 saturated carbocycles. The van der Waals surface area contributed by atoms with Gasteiger partial charge in [0.15, 0.2) is 5.65 Å². The molecule has 0 bridgehead atoms. The summed E-state index contributed by atoms with van der Waals surface area (Å²) in [5, 5.41) is 8.75. The summed E-state index contributed by atoms with van der Waals surface area (Å²) in [4.78, 5) is 18.1. The van der Waals surface area contributed by atoms with Gasteiger partial charge in [-0.3, -0.25) is 4.79 Å². The summed E-state index contributed by atoms with van der Waals surface area (Å²) in [6.45, 7) is 1.97. The number of amides is 1. The Balaban J connectivity index is 1.43. The number of aryl methyl sites for hydroxylation is 2. The van der Waals surface area contributed by atoms with Crippen molar-refractivity contribution in [2.45, 2.75) is 44.6 Å². The first-order valence-corrected chi connectivity index (χ1v) is 11.5. The predicted octanol–water partition coefficient (Wildman–Crippen LogP) is 5.65. The summed E-state index contributed by atoms with van der Waals surface area (Å²) in [7, 11) is 0. The first kappa shape index (κ1) is 19.5. The Bertz CT molecular complexity index is 1370. The molecule has 1 N–H and O–H groups in total. The molecule has 2 aliphatic carbocycles. The van der Waals surface area contributed by atoms with Crippen LogP contribution in [-0.2, 0) is 6.42 Å². The third-order valence-corrected chi connectivity index (χ3v) is 6.98. The van der Waals surface area contributed by atoms with Crippen LogP contribution in [0, 0.1) is 6.92 Å². The van der Waals surface area contributed by atoms with E-state index in [0.29, 0.717) is 16.5 Å².